The van der Waals surface area contributed by atoms with E-state index in [-0.39, 0.29) is 22.8 Å². The van der Waals surface area contributed by atoms with Crippen molar-refractivity contribution in [2.45, 2.75) is 51.0 Å². The predicted molar refractivity (Wildman–Crippen MR) is 93.1 cm³/mol. The highest BCUT2D eigenvalue weighted by Crippen LogP contribution is 2.61. The van der Waals surface area contributed by atoms with Crippen molar-refractivity contribution in [1.29, 1.82) is 0 Å². The van der Waals surface area contributed by atoms with E-state index < -0.39 is 0 Å². The summed E-state index contributed by atoms with van der Waals surface area (Å²) in [6.45, 7) is 1.58. The predicted octanol–water partition coefficient (Wildman–Crippen LogP) is 2.50. The average molecular weight is 343 g/mol. The normalized spacial score (nSPS) is 35.3. The molecule has 4 fully saturated rings. The first-order valence-electron chi connectivity index (χ1n) is 9.02. The second kappa shape index (κ2) is 5.71. The molecule has 4 aliphatic carbocycles. The van der Waals surface area contributed by atoms with Gasteiger partial charge in [0.1, 0.15) is 0 Å². The van der Waals surface area contributed by atoms with Crippen LogP contribution in [-0.2, 0) is 9.59 Å². The molecule has 0 aliphatic heterocycles. The largest absolute Gasteiger partial charge is 0.481 e. The molecule has 25 heavy (non-hydrogen) atoms. The van der Waals surface area contributed by atoms with Crippen molar-refractivity contribution < 1.29 is 14.3 Å². The summed E-state index contributed by atoms with van der Waals surface area (Å²) in [6, 6.07) is 3.56. The lowest BCUT2D eigenvalue weighted by Gasteiger charge is -2.61. The first-order chi connectivity index (χ1) is 11.9. The number of methoxy groups -OCH3 is 1. The van der Waals surface area contributed by atoms with Gasteiger partial charge in [0.25, 0.3) is 0 Å². The zero-order valence-electron chi connectivity index (χ0n) is 14.8. The summed E-state index contributed by atoms with van der Waals surface area (Å²) in [6.07, 6.45) is 7.47. The van der Waals surface area contributed by atoms with E-state index in [2.05, 4.69) is 15.6 Å². The SMILES string of the molecule is COc1ccc(NC(=O)C23C[C@H]4C[C@@H](CC(NC(C)=O)(C4)C2)C3)cn1. The molecule has 0 radical (unpaired) electrons. The van der Waals surface area contributed by atoms with E-state index in [4.69, 9.17) is 4.74 Å². The van der Waals surface area contributed by atoms with Crippen LogP contribution in [-0.4, -0.2) is 29.4 Å². The fraction of sp³-hybridized carbons (Fsp3) is 0.632. The zero-order chi connectivity index (χ0) is 17.7. The molecule has 5 rings (SSSR count). The van der Waals surface area contributed by atoms with Crippen LogP contribution in [0.3, 0.4) is 0 Å². The highest BCUT2D eigenvalue weighted by molar-refractivity contribution is 5.95. The second-order valence-corrected chi connectivity index (χ2v) is 8.25. The highest BCUT2D eigenvalue weighted by Gasteiger charge is 2.60. The number of aromatic nitrogens is 1. The van der Waals surface area contributed by atoms with Gasteiger partial charge in [-0.3, -0.25) is 9.59 Å². The molecule has 0 spiro atoms. The van der Waals surface area contributed by atoms with Gasteiger partial charge in [0.15, 0.2) is 0 Å². The van der Waals surface area contributed by atoms with Gasteiger partial charge in [-0.05, 0) is 56.4 Å². The topological polar surface area (TPSA) is 80.3 Å². The summed E-state index contributed by atoms with van der Waals surface area (Å²) in [5, 5.41) is 6.25. The van der Waals surface area contributed by atoms with Crippen molar-refractivity contribution >= 4 is 17.5 Å². The lowest BCUT2D eigenvalue weighted by atomic mass is 9.46. The lowest BCUT2D eigenvalue weighted by Crippen LogP contribution is -2.65. The Balaban J connectivity index is 1.55. The van der Waals surface area contributed by atoms with Crippen LogP contribution in [0.4, 0.5) is 5.69 Å². The van der Waals surface area contributed by atoms with E-state index in [9.17, 15) is 9.59 Å². The Bertz CT molecular complexity index is 686. The average Bonchev–Trinajstić information content (AvgIpc) is 2.53. The van der Waals surface area contributed by atoms with Crippen molar-refractivity contribution in [3.05, 3.63) is 18.3 Å². The first-order valence-corrected chi connectivity index (χ1v) is 9.02. The van der Waals surface area contributed by atoms with Gasteiger partial charge in [0, 0.05) is 18.5 Å². The first kappa shape index (κ1) is 16.4. The van der Waals surface area contributed by atoms with Crippen LogP contribution in [0.15, 0.2) is 18.3 Å². The van der Waals surface area contributed by atoms with Gasteiger partial charge >= 0.3 is 0 Å². The number of amides is 2. The lowest BCUT2D eigenvalue weighted by molar-refractivity contribution is -0.148. The van der Waals surface area contributed by atoms with E-state index in [1.54, 1.807) is 26.3 Å². The van der Waals surface area contributed by atoms with E-state index in [0.29, 0.717) is 23.4 Å². The van der Waals surface area contributed by atoms with Crippen LogP contribution in [0.5, 0.6) is 5.88 Å². The quantitative estimate of drug-likeness (QED) is 0.880. The number of hydrogen-bond donors (Lipinski definition) is 2. The monoisotopic (exact) mass is 343 g/mol. The fourth-order valence-electron chi connectivity index (χ4n) is 5.89. The van der Waals surface area contributed by atoms with E-state index in [1.807, 2.05) is 6.07 Å². The maximum absolute atomic E-state index is 13.2. The van der Waals surface area contributed by atoms with Gasteiger partial charge in [-0.2, -0.15) is 0 Å². The number of rotatable bonds is 4. The molecule has 0 saturated heterocycles. The highest BCUT2D eigenvalue weighted by atomic mass is 16.5. The van der Waals surface area contributed by atoms with E-state index in [1.165, 1.54) is 6.42 Å². The Morgan fingerprint density at radius 2 is 1.92 bits per heavy atom. The number of nitrogens with one attached hydrogen (secondary N) is 2. The summed E-state index contributed by atoms with van der Waals surface area (Å²) in [7, 11) is 1.57. The Morgan fingerprint density at radius 1 is 1.20 bits per heavy atom. The molecule has 1 aromatic rings. The van der Waals surface area contributed by atoms with Crippen molar-refractivity contribution in [3.63, 3.8) is 0 Å². The van der Waals surface area contributed by atoms with Gasteiger partial charge in [0.05, 0.1) is 24.4 Å². The molecule has 2 atom stereocenters. The number of anilines is 1. The minimum absolute atomic E-state index is 0.0110. The molecule has 2 amide bonds. The number of nitrogens with zero attached hydrogens (tertiary/aromatic N) is 1. The third kappa shape index (κ3) is 2.87. The second-order valence-electron chi connectivity index (χ2n) is 8.25. The molecule has 4 bridgehead atoms. The smallest absolute Gasteiger partial charge is 0.230 e. The van der Waals surface area contributed by atoms with Crippen LogP contribution < -0.4 is 15.4 Å². The summed E-state index contributed by atoms with van der Waals surface area (Å²) in [5.41, 5.74) is 0.132. The molecule has 6 nitrogen and oxygen atoms in total. The number of hydrogen-bond acceptors (Lipinski definition) is 4. The van der Waals surface area contributed by atoms with Crippen LogP contribution in [0.2, 0.25) is 0 Å². The van der Waals surface area contributed by atoms with Crippen LogP contribution in [0.25, 0.3) is 0 Å². The molecule has 0 unspecified atom stereocenters. The molecule has 134 valence electrons. The van der Waals surface area contributed by atoms with Gasteiger partial charge in [0.2, 0.25) is 17.7 Å². The number of carbonyl (C=O) groups excluding carboxylic acids is 2. The summed E-state index contributed by atoms with van der Waals surface area (Å²) in [4.78, 5) is 29.0. The fourth-order valence-corrected chi connectivity index (χ4v) is 5.89. The van der Waals surface area contributed by atoms with Gasteiger partial charge < -0.3 is 15.4 Å². The zero-order valence-corrected chi connectivity index (χ0v) is 14.8. The molecular weight excluding hydrogens is 318 g/mol. The van der Waals surface area contributed by atoms with E-state index in [0.717, 1.165) is 32.1 Å². The Morgan fingerprint density at radius 3 is 2.48 bits per heavy atom. The maximum atomic E-state index is 13.2. The summed E-state index contributed by atoms with van der Waals surface area (Å²) >= 11 is 0. The summed E-state index contributed by atoms with van der Waals surface area (Å²) in [5.74, 6) is 1.68. The van der Waals surface area contributed by atoms with Crippen molar-refractivity contribution in [3.8, 4) is 5.88 Å². The third-order valence-electron chi connectivity index (χ3n) is 6.19. The van der Waals surface area contributed by atoms with Crippen LogP contribution in [0.1, 0.15) is 45.4 Å². The molecule has 1 aromatic heterocycles. The number of ether oxygens (including phenoxy) is 1. The van der Waals surface area contributed by atoms with Crippen molar-refractivity contribution in [1.82, 2.24) is 10.3 Å². The molecule has 1 heterocycles. The van der Waals surface area contributed by atoms with E-state index >= 15 is 0 Å². The summed E-state index contributed by atoms with van der Waals surface area (Å²) < 4.78 is 5.06. The Hall–Kier alpha value is -2.11. The minimum atomic E-state index is -0.369. The van der Waals surface area contributed by atoms with Crippen LogP contribution in [0, 0.1) is 17.3 Å². The minimum Gasteiger partial charge on any atom is -0.481 e. The molecular formula is C19H25N3O3. The third-order valence-corrected chi connectivity index (χ3v) is 6.19. The van der Waals surface area contributed by atoms with Gasteiger partial charge in [-0.25, -0.2) is 4.98 Å². The van der Waals surface area contributed by atoms with Crippen molar-refractivity contribution in [2.24, 2.45) is 17.3 Å². The maximum Gasteiger partial charge on any atom is 0.230 e. The van der Waals surface area contributed by atoms with Gasteiger partial charge in [-0.1, -0.05) is 0 Å². The molecule has 0 aromatic carbocycles. The number of pyridine rings is 1. The molecule has 4 aliphatic rings. The Labute approximate surface area is 147 Å². The molecule has 4 saturated carbocycles. The van der Waals surface area contributed by atoms with Gasteiger partial charge in [-0.15, -0.1) is 0 Å². The van der Waals surface area contributed by atoms with Crippen molar-refractivity contribution in [2.75, 3.05) is 12.4 Å². The Kier molecular flexibility index (Phi) is 3.74. The number of carbonyl (C=O) groups is 2. The standard InChI is InChI=1S/C19H25N3O3/c1-12(23)22-19-8-13-5-14(9-19)7-18(6-13,11-19)17(24)21-15-3-4-16(25-2)20-10-15/h3-4,10,13-14H,5-9,11H2,1-2H3,(H,21,24)(H,22,23)/t13-,14-,18?,19?/m1/s1. The van der Waals surface area contributed by atoms with Crippen LogP contribution >= 0.6 is 0 Å². The molecule has 2 N–H and O–H groups in total. The molecule has 6 heteroatoms.